The van der Waals surface area contributed by atoms with E-state index >= 15 is 0 Å². The molecule has 1 aromatic carbocycles. The molecule has 0 aliphatic carbocycles. The number of carbonyl (C=O) groups excluding carboxylic acids is 2. The van der Waals surface area contributed by atoms with E-state index in [1.165, 1.54) is 5.56 Å². The van der Waals surface area contributed by atoms with E-state index in [1.807, 2.05) is 32.0 Å². The zero-order valence-corrected chi connectivity index (χ0v) is 14.7. The van der Waals surface area contributed by atoms with Crippen LogP contribution in [0.5, 0.6) is 0 Å². The Hall–Kier alpha value is -2.63. The summed E-state index contributed by atoms with van der Waals surface area (Å²) in [5.74, 6) is 0.314. The fourth-order valence-corrected chi connectivity index (χ4v) is 3.13. The van der Waals surface area contributed by atoms with Crippen molar-refractivity contribution >= 4 is 17.6 Å². The van der Waals surface area contributed by atoms with Crippen LogP contribution < -0.4 is 5.32 Å². The fourth-order valence-electron chi connectivity index (χ4n) is 3.13. The van der Waals surface area contributed by atoms with Crippen molar-refractivity contribution in [3.8, 4) is 0 Å². The lowest BCUT2D eigenvalue weighted by atomic mass is 10.1. The Morgan fingerprint density at radius 2 is 2.04 bits per heavy atom. The second-order valence-corrected chi connectivity index (χ2v) is 6.71. The number of aryl methyl sites for hydroxylation is 2. The number of benzene rings is 1. The number of likely N-dealkylation sites (tertiary alicyclic amines) is 1. The maximum Gasteiger partial charge on any atom is 0.230 e. The molecular formula is C19H24N4O2. The van der Waals surface area contributed by atoms with Crippen LogP contribution in [0.25, 0.3) is 0 Å². The number of hydrogen-bond donors (Lipinski definition) is 1. The molecule has 0 spiro atoms. The van der Waals surface area contributed by atoms with Gasteiger partial charge in [-0.25, -0.2) is 4.68 Å². The number of carbonyl (C=O) groups is 2. The third kappa shape index (κ3) is 4.07. The molecule has 6 heteroatoms. The predicted molar refractivity (Wildman–Crippen MR) is 96.0 cm³/mol. The predicted octanol–water partition coefficient (Wildman–Crippen LogP) is 2.32. The van der Waals surface area contributed by atoms with Gasteiger partial charge in [0.25, 0.3) is 0 Å². The minimum Gasteiger partial charge on any atom is -0.339 e. The molecule has 0 bridgehead atoms. The summed E-state index contributed by atoms with van der Waals surface area (Å²) in [5, 5.41) is 7.23. The average Bonchev–Trinajstić information content (AvgIpc) is 3.20. The van der Waals surface area contributed by atoms with E-state index in [2.05, 4.69) is 22.5 Å². The molecule has 1 saturated heterocycles. The Morgan fingerprint density at radius 3 is 2.72 bits per heavy atom. The van der Waals surface area contributed by atoms with Crippen LogP contribution in [-0.2, 0) is 22.6 Å². The highest BCUT2D eigenvalue weighted by Gasteiger charge is 2.35. The summed E-state index contributed by atoms with van der Waals surface area (Å²) in [5.41, 5.74) is 1.23. The van der Waals surface area contributed by atoms with Crippen LogP contribution in [0.1, 0.15) is 25.8 Å². The van der Waals surface area contributed by atoms with E-state index < -0.39 is 0 Å². The second kappa shape index (κ2) is 7.51. The molecule has 2 aromatic rings. The molecule has 0 radical (unpaired) electrons. The van der Waals surface area contributed by atoms with Gasteiger partial charge in [-0.2, -0.15) is 5.10 Å². The van der Waals surface area contributed by atoms with E-state index in [0.717, 1.165) is 6.42 Å². The number of aromatic nitrogens is 2. The average molecular weight is 340 g/mol. The normalized spacial score (nSPS) is 17.3. The van der Waals surface area contributed by atoms with Crippen LogP contribution in [0.3, 0.4) is 0 Å². The van der Waals surface area contributed by atoms with Crippen molar-refractivity contribution in [2.75, 3.05) is 11.9 Å². The van der Waals surface area contributed by atoms with Gasteiger partial charge < -0.3 is 10.2 Å². The highest BCUT2D eigenvalue weighted by molar-refractivity contribution is 5.96. The smallest absolute Gasteiger partial charge is 0.230 e. The third-order valence-corrected chi connectivity index (χ3v) is 4.58. The summed E-state index contributed by atoms with van der Waals surface area (Å²) in [6, 6.07) is 12.1. The summed E-state index contributed by atoms with van der Waals surface area (Å²) in [4.78, 5) is 26.3. The molecule has 2 heterocycles. The molecule has 1 aromatic heterocycles. The van der Waals surface area contributed by atoms with Gasteiger partial charge in [0.05, 0.1) is 12.1 Å². The first kappa shape index (κ1) is 17.2. The van der Waals surface area contributed by atoms with Crippen molar-refractivity contribution in [3.05, 3.63) is 48.2 Å². The first-order valence-corrected chi connectivity index (χ1v) is 8.70. The lowest BCUT2D eigenvalue weighted by Gasteiger charge is -2.20. The molecule has 1 N–H and O–H groups in total. The van der Waals surface area contributed by atoms with E-state index in [4.69, 9.17) is 0 Å². The first-order chi connectivity index (χ1) is 12.0. The Labute approximate surface area is 147 Å². The molecule has 1 aliphatic rings. The quantitative estimate of drug-likeness (QED) is 0.877. The molecular weight excluding hydrogens is 316 g/mol. The number of hydrogen-bond acceptors (Lipinski definition) is 3. The maximum atomic E-state index is 12.5. The third-order valence-electron chi connectivity index (χ3n) is 4.58. The van der Waals surface area contributed by atoms with Crippen LogP contribution in [0.2, 0.25) is 0 Å². The molecule has 1 aliphatic heterocycles. The van der Waals surface area contributed by atoms with Crippen LogP contribution in [0.15, 0.2) is 42.6 Å². The van der Waals surface area contributed by atoms with Crippen LogP contribution in [0.4, 0.5) is 5.82 Å². The summed E-state index contributed by atoms with van der Waals surface area (Å²) in [7, 11) is 0. The molecule has 0 unspecified atom stereocenters. The molecule has 2 amide bonds. The zero-order chi connectivity index (χ0) is 17.8. The van der Waals surface area contributed by atoms with Gasteiger partial charge in [-0.15, -0.1) is 0 Å². The van der Waals surface area contributed by atoms with E-state index in [-0.39, 0.29) is 30.2 Å². The molecule has 3 rings (SSSR count). The van der Waals surface area contributed by atoms with E-state index in [0.29, 0.717) is 18.9 Å². The lowest BCUT2D eigenvalue weighted by Crippen LogP contribution is -2.33. The Balaban J connectivity index is 1.59. The Bertz CT molecular complexity index is 739. The largest absolute Gasteiger partial charge is 0.339 e. The Morgan fingerprint density at radius 1 is 1.28 bits per heavy atom. The topological polar surface area (TPSA) is 67.2 Å². The van der Waals surface area contributed by atoms with Gasteiger partial charge in [-0.05, 0) is 25.8 Å². The first-order valence-electron chi connectivity index (χ1n) is 8.70. The highest BCUT2D eigenvalue weighted by Crippen LogP contribution is 2.22. The number of rotatable bonds is 6. The second-order valence-electron chi connectivity index (χ2n) is 6.71. The van der Waals surface area contributed by atoms with Gasteiger partial charge in [-0.1, -0.05) is 30.3 Å². The van der Waals surface area contributed by atoms with Gasteiger partial charge in [-0.3, -0.25) is 9.59 Å². The minimum atomic E-state index is -0.299. The van der Waals surface area contributed by atoms with Crippen molar-refractivity contribution in [2.24, 2.45) is 5.92 Å². The van der Waals surface area contributed by atoms with E-state index in [9.17, 15) is 9.59 Å². The van der Waals surface area contributed by atoms with Crippen molar-refractivity contribution in [3.63, 3.8) is 0 Å². The van der Waals surface area contributed by atoms with Gasteiger partial charge in [0, 0.05) is 31.6 Å². The zero-order valence-electron chi connectivity index (χ0n) is 14.7. The number of anilines is 1. The van der Waals surface area contributed by atoms with Crippen LogP contribution in [0, 0.1) is 5.92 Å². The lowest BCUT2D eigenvalue weighted by molar-refractivity contribution is -0.129. The molecule has 1 fully saturated rings. The number of amides is 2. The van der Waals surface area contributed by atoms with Crippen molar-refractivity contribution in [2.45, 2.75) is 39.3 Å². The Kier molecular flexibility index (Phi) is 5.16. The van der Waals surface area contributed by atoms with Gasteiger partial charge in [0.1, 0.15) is 5.82 Å². The van der Waals surface area contributed by atoms with Crippen LogP contribution in [-0.4, -0.2) is 39.1 Å². The van der Waals surface area contributed by atoms with Gasteiger partial charge in [0.15, 0.2) is 0 Å². The van der Waals surface area contributed by atoms with Crippen LogP contribution >= 0.6 is 0 Å². The number of nitrogens with one attached hydrogen (secondary N) is 1. The monoisotopic (exact) mass is 340 g/mol. The number of nitrogens with zero attached hydrogens (tertiary/aromatic N) is 3. The molecule has 25 heavy (non-hydrogen) atoms. The standard InChI is InChI=1S/C19H24N4O2/c1-14(2)22-13-16(12-18(22)24)19(25)21-17-8-10-20-23(17)11-9-15-6-4-3-5-7-15/h3-8,10,14,16H,9,11-13H2,1-2H3,(H,21,25)/t16-/m0/s1. The summed E-state index contributed by atoms with van der Waals surface area (Å²) in [6.07, 6.45) is 2.80. The molecule has 132 valence electrons. The highest BCUT2D eigenvalue weighted by atomic mass is 16.2. The van der Waals surface area contributed by atoms with Crippen molar-refractivity contribution in [1.82, 2.24) is 14.7 Å². The molecule has 0 saturated carbocycles. The maximum absolute atomic E-state index is 12.5. The van der Waals surface area contributed by atoms with Crippen molar-refractivity contribution in [1.29, 1.82) is 0 Å². The molecule has 6 nitrogen and oxygen atoms in total. The van der Waals surface area contributed by atoms with Crippen molar-refractivity contribution < 1.29 is 9.59 Å². The fraction of sp³-hybridized carbons (Fsp3) is 0.421. The van der Waals surface area contributed by atoms with Gasteiger partial charge in [0.2, 0.25) is 11.8 Å². The minimum absolute atomic E-state index is 0.0488. The van der Waals surface area contributed by atoms with E-state index in [1.54, 1.807) is 21.8 Å². The van der Waals surface area contributed by atoms with Gasteiger partial charge >= 0.3 is 0 Å². The summed E-state index contributed by atoms with van der Waals surface area (Å²) < 4.78 is 1.79. The SMILES string of the molecule is CC(C)N1C[C@@H](C(=O)Nc2ccnn2CCc2ccccc2)CC1=O. The molecule has 1 atom stereocenters. The summed E-state index contributed by atoms with van der Waals surface area (Å²) in [6.45, 7) is 5.11. The summed E-state index contributed by atoms with van der Waals surface area (Å²) >= 11 is 0.